The van der Waals surface area contributed by atoms with E-state index in [1.54, 1.807) is 12.1 Å². The monoisotopic (exact) mass is 486 g/mol. The van der Waals surface area contributed by atoms with Gasteiger partial charge in [-0.3, -0.25) is 4.79 Å². The lowest BCUT2D eigenvalue weighted by atomic mass is 10.0. The number of benzene rings is 2. The van der Waals surface area contributed by atoms with Crippen LogP contribution in [0.1, 0.15) is 43.0 Å². The van der Waals surface area contributed by atoms with Gasteiger partial charge < -0.3 is 24.8 Å². The van der Waals surface area contributed by atoms with Crippen LogP contribution < -0.4 is 15.4 Å². The topological polar surface area (TPSA) is 116 Å². The smallest absolute Gasteiger partial charge is 0.258 e. The van der Waals surface area contributed by atoms with Crippen LogP contribution in [0.3, 0.4) is 0 Å². The Morgan fingerprint density at radius 3 is 2.92 bits per heavy atom. The van der Waals surface area contributed by atoms with Gasteiger partial charge in [0.15, 0.2) is 0 Å². The van der Waals surface area contributed by atoms with E-state index in [9.17, 15) is 10.1 Å². The predicted molar refractivity (Wildman–Crippen MR) is 134 cm³/mol. The number of carbonyl (C=O) groups excluding carboxylic acids is 1. The molecule has 1 fully saturated rings. The number of rotatable bonds is 7. The van der Waals surface area contributed by atoms with Crippen LogP contribution in [0, 0.1) is 11.3 Å². The van der Waals surface area contributed by atoms with Gasteiger partial charge in [-0.2, -0.15) is 10.2 Å². The van der Waals surface area contributed by atoms with Crippen LogP contribution in [-0.2, 0) is 11.2 Å². The molecule has 3 aromatic rings. The molecule has 1 saturated heterocycles. The molecule has 1 aliphatic carbocycles. The van der Waals surface area contributed by atoms with Crippen molar-refractivity contribution in [2.75, 3.05) is 32.7 Å². The number of nitrogens with zero attached hydrogens (tertiary/aromatic N) is 4. The van der Waals surface area contributed by atoms with E-state index in [-0.39, 0.29) is 18.1 Å². The van der Waals surface area contributed by atoms with E-state index in [0.717, 1.165) is 44.6 Å². The molecule has 9 nitrogen and oxygen atoms in total. The first-order valence-corrected chi connectivity index (χ1v) is 12.4. The summed E-state index contributed by atoms with van der Waals surface area (Å²) in [4.78, 5) is 19.1. The van der Waals surface area contributed by atoms with Gasteiger partial charge in [0.05, 0.1) is 18.2 Å². The first-order chi connectivity index (χ1) is 17.5. The van der Waals surface area contributed by atoms with Gasteiger partial charge in [0.1, 0.15) is 11.8 Å². The number of amides is 1. The van der Waals surface area contributed by atoms with E-state index >= 15 is 0 Å². The van der Waals surface area contributed by atoms with Crippen molar-refractivity contribution in [3.63, 3.8) is 0 Å². The number of hydrogen-bond acceptors (Lipinski definition) is 8. The molecule has 1 atom stereocenters. The molecule has 186 valence electrons. The van der Waals surface area contributed by atoms with Gasteiger partial charge in [0.2, 0.25) is 11.7 Å². The van der Waals surface area contributed by atoms with E-state index < -0.39 is 0 Å². The molecular weight excluding hydrogens is 456 g/mol. The molecule has 2 aliphatic rings. The van der Waals surface area contributed by atoms with E-state index in [1.165, 1.54) is 11.1 Å². The number of hydrogen-bond donors (Lipinski definition) is 2. The third-order valence-electron chi connectivity index (χ3n) is 6.62. The zero-order valence-electron chi connectivity index (χ0n) is 20.6. The summed E-state index contributed by atoms with van der Waals surface area (Å²) in [6, 6.07) is 13.7. The zero-order valence-corrected chi connectivity index (χ0v) is 20.6. The second-order valence-electron chi connectivity index (χ2n) is 9.39. The molecule has 0 spiro atoms. The number of nitrogens with one attached hydrogen (secondary N) is 2. The van der Waals surface area contributed by atoms with Crippen LogP contribution in [0.2, 0.25) is 0 Å². The number of fused-ring (bicyclic) bond motifs is 1. The summed E-state index contributed by atoms with van der Waals surface area (Å²) in [7, 11) is 0. The minimum absolute atomic E-state index is 0.0309. The highest BCUT2D eigenvalue weighted by Gasteiger charge is 2.27. The number of nitriles is 1. The summed E-state index contributed by atoms with van der Waals surface area (Å²) < 4.78 is 11.3. The highest BCUT2D eigenvalue weighted by atomic mass is 16.5. The predicted octanol–water partition coefficient (Wildman–Crippen LogP) is 3.07. The molecule has 0 radical (unpaired) electrons. The van der Waals surface area contributed by atoms with E-state index in [0.29, 0.717) is 35.1 Å². The van der Waals surface area contributed by atoms with Gasteiger partial charge in [0.25, 0.3) is 5.89 Å². The minimum atomic E-state index is -0.0309. The van der Waals surface area contributed by atoms with Gasteiger partial charge in [-0.1, -0.05) is 23.4 Å². The Balaban J connectivity index is 1.32. The minimum Gasteiger partial charge on any atom is -0.490 e. The van der Waals surface area contributed by atoms with Crippen LogP contribution in [0.15, 0.2) is 40.9 Å². The molecule has 0 bridgehead atoms. The third-order valence-corrected chi connectivity index (χ3v) is 6.62. The maximum atomic E-state index is 12.6. The Morgan fingerprint density at radius 1 is 1.31 bits per heavy atom. The number of carbonyl (C=O) groups is 1. The molecular formula is C27H30N6O3. The fourth-order valence-corrected chi connectivity index (χ4v) is 4.87. The van der Waals surface area contributed by atoms with Crippen molar-refractivity contribution < 1.29 is 14.1 Å². The first-order valence-electron chi connectivity index (χ1n) is 12.4. The molecule has 2 aromatic carbocycles. The van der Waals surface area contributed by atoms with Crippen molar-refractivity contribution in [1.82, 2.24) is 25.7 Å². The standard InChI is InChI=1S/C27H30N6O3/c1-17(2)35-24-9-6-18(14-19(24)15-28)27-31-26(32-36-27)22-5-3-4-21-20(22)7-8-23(21)30-16-25(34)33-12-10-29-11-13-33/h3-6,9,14,17,23,29-30H,7-8,10-13,16H2,1-2H3. The molecule has 0 saturated carbocycles. The fourth-order valence-electron chi connectivity index (χ4n) is 4.87. The van der Waals surface area contributed by atoms with E-state index in [2.05, 4.69) is 32.9 Å². The molecule has 1 aromatic heterocycles. The molecule has 1 aliphatic heterocycles. The summed E-state index contributed by atoms with van der Waals surface area (Å²) >= 11 is 0. The van der Waals surface area contributed by atoms with Gasteiger partial charge >= 0.3 is 0 Å². The quantitative estimate of drug-likeness (QED) is 0.523. The zero-order chi connectivity index (χ0) is 25.1. The normalized spacial score (nSPS) is 17.2. The van der Waals surface area contributed by atoms with Crippen molar-refractivity contribution in [2.24, 2.45) is 0 Å². The molecule has 9 heteroatoms. The van der Waals surface area contributed by atoms with Gasteiger partial charge in [-0.05, 0) is 56.0 Å². The highest BCUT2D eigenvalue weighted by Crippen LogP contribution is 2.37. The van der Waals surface area contributed by atoms with Crippen molar-refractivity contribution in [3.05, 3.63) is 53.1 Å². The second kappa shape index (κ2) is 10.5. The summed E-state index contributed by atoms with van der Waals surface area (Å²) in [5, 5.41) is 20.5. The van der Waals surface area contributed by atoms with Crippen LogP contribution >= 0.6 is 0 Å². The van der Waals surface area contributed by atoms with Crippen LogP contribution in [0.5, 0.6) is 5.75 Å². The van der Waals surface area contributed by atoms with Gasteiger partial charge in [-0.25, -0.2) is 0 Å². The molecule has 36 heavy (non-hydrogen) atoms. The Morgan fingerprint density at radius 2 is 2.14 bits per heavy atom. The average Bonchev–Trinajstić information content (AvgIpc) is 3.55. The molecule has 2 N–H and O–H groups in total. The van der Waals surface area contributed by atoms with Gasteiger partial charge in [0, 0.05) is 43.3 Å². The summed E-state index contributed by atoms with van der Waals surface area (Å²) in [6.45, 7) is 7.39. The first kappa shape index (κ1) is 24.0. The average molecular weight is 487 g/mol. The van der Waals surface area contributed by atoms with Crippen molar-refractivity contribution in [3.8, 4) is 34.7 Å². The summed E-state index contributed by atoms with van der Waals surface area (Å²) in [5.74, 6) is 1.54. The third kappa shape index (κ3) is 4.96. The second-order valence-corrected chi connectivity index (χ2v) is 9.39. The number of aromatic nitrogens is 2. The van der Waals surface area contributed by atoms with Gasteiger partial charge in [-0.15, -0.1) is 0 Å². The Labute approximate surface area is 210 Å². The molecule has 5 rings (SSSR count). The van der Waals surface area contributed by atoms with E-state index in [4.69, 9.17) is 9.26 Å². The van der Waals surface area contributed by atoms with Crippen LogP contribution in [0.25, 0.3) is 22.8 Å². The van der Waals surface area contributed by atoms with E-state index in [1.807, 2.05) is 36.9 Å². The van der Waals surface area contributed by atoms with Crippen molar-refractivity contribution >= 4 is 5.91 Å². The molecule has 2 heterocycles. The number of piperazine rings is 1. The van der Waals surface area contributed by atoms with Crippen LogP contribution in [0.4, 0.5) is 0 Å². The molecule has 1 unspecified atom stereocenters. The lowest BCUT2D eigenvalue weighted by Gasteiger charge is -2.28. The summed E-state index contributed by atoms with van der Waals surface area (Å²) in [5.41, 5.74) is 4.37. The van der Waals surface area contributed by atoms with Crippen molar-refractivity contribution in [1.29, 1.82) is 5.26 Å². The largest absolute Gasteiger partial charge is 0.490 e. The lowest BCUT2D eigenvalue weighted by molar-refractivity contribution is -0.130. The fraction of sp³-hybridized carbons (Fsp3) is 0.407. The lowest BCUT2D eigenvalue weighted by Crippen LogP contribution is -2.49. The number of ether oxygens (including phenoxy) is 1. The molecule has 1 amide bonds. The SMILES string of the molecule is CC(C)Oc1ccc(-c2nc(-c3cccc4c3CCC4NCC(=O)N3CCNCC3)no2)cc1C#N. The van der Waals surface area contributed by atoms with Crippen molar-refractivity contribution in [2.45, 2.75) is 38.8 Å². The maximum absolute atomic E-state index is 12.6. The Kier molecular flexibility index (Phi) is 6.98. The Hall–Kier alpha value is -3.74. The summed E-state index contributed by atoms with van der Waals surface area (Å²) in [6.07, 6.45) is 1.75. The maximum Gasteiger partial charge on any atom is 0.258 e. The van der Waals surface area contributed by atoms with Crippen LogP contribution in [-0.4, -0.2) is 59.8 Å². The highest BCUT2D eigenvalue weighted by molar-refractivity contribution is 5.78. The Bertz CT molecular complexity index is 1290.